The van der Waals surface area contributed by atoms with E-state index >= 15 is 0 Å². The van der Waals surface area contributed by atoms with E-state index in [0.717, 1.165) is 25.9 Å². The van der Waals surface area contributed by atoms with Crippen molar-refractivity contribution in [3.8, 4) is 0 Å². The molecule has 4 nitrogen and oxygen atoms in total. The molecule has 1 fully saturated rings. The van der Waals surface area contributed by atoms with Gasteiger partial charge in [-0.25, -0.2) is 0 Å². The second kappa shape index (κ2) is 5.11. The van der Waals surface area contributed by atoms with Gasteiger partial charge in [0.15, 0.2) is 0 Å². The lowest BCUT2D eigenvalue weighted by Crippen LogP contribution is -2.34. The summed E-state index contributed by atoms with van der Waals surface area (Å²) in [7, 11) is 0. The van der Waals surface area contributed by atoms with Crippen molar-refractivity contribution in [1.82, 2.24) is 5.32 Å². The van der Waals surface area contributed by atoms with Gasteiger partial charge in [0.05, 0.1) is 6.42 Å². The molecule has 0 radical (unpaired) electrons. The molecule has 0 spiro atoms. The third-order valence-corrected chi connectivity index (χ3v) is 1.93. The van der Waals surface area contributed by atoms with Crippen molar-refractivity contribution >= 4 is 5.97 Å². The number of carbonyl (C=O) groups is 1. The maximum atomic E-state index is 11.0. The first-order valence-corrected chi connectivity index (χ1v) is 4.43. The molecule has 0 aromatic rings. The second-order valence-corrected chi connectivity index (χ2v) is 2.98. The SMILES string of the molecule is NCCC(=O)OC1CCNCC1. The Balaban J connectivity index is 2.15. The van der Waals surface area contributed by atoms with Crippen LogP contribution in [0.1, 0.15) is 19.3 Å². The molecule has 0 aromatic carbocycles. The molecule has 0 aliphatic carbocycles. The van der Waals surface area contributed by atoms with E-state index < -0.39 is 0 Å². The molecule has 0 unspecified atom stereocenters. The highest BCUT2D eigenvalue weighted by Gasteiger charge is 2.16. The predicted molar refractivity (Wildman–Crippen MR) is 45.7 cm³/mol. The molecule has 0 aromatic heterocycles. The zero-order valence-electron chi connectivity index (χ0n) is 7.21. The van der Waals surface area contributed by atoms with Gasteiger partial charge in [0, 0.05) is 6.54 Å². The van der Waals surface area contributed by atoms with Crippen molar-refractivity contribution in [2.45, 2.75) is 25.4 Å². The van der Waals surface area contributed by atoms with Crippen LogP contribution in [0.15, 0.2) is 0 Å². The quantitative estimate of drug-likeness (QED) is 0.570. The first-order valence-electron chi connectivity index (χ1n) is 4.43. The Hall–Kier alpha value is -0.610. The number of hydrogen-bond acceptors (Lipinski definition) is 4. The number of nitrogens with two attached hydrogens (primary N) is 1. The zero-order chi connectivity index (χ0) is 8.81. The summed E-state index contributed by atoms with van der Waals surface area (Å²) < 4.78 is 5.17. The van der Waals surface area contributed by atoms with Crippen LogP contribution < -0.4 is 11.1 Å². The van der Waals surface area contributed by atoms with E-state index in [1.807, 2.05) is 0 Å². The van der Waals surface area contributed by atoms with Gasteiger partial charge < -0.3 is 15.8 Å². The molecule has 0 bridgehead atoms. The number of nitrogens with one attached hydrogen (secondary N) is 1. The van der Waals surface area contributed by atoms with Crippen LogP contribution in [-0.4, -0.2) is 31.7 Å². The minimum Gasteiger partial charge on any atom is -0.462 e. The fourth-order valence-electron chi connectivity index (χ4n) is 1.28. The fraction of sp³-hybridized carbons (Fsp3) is 0.875. The van der Waals surface area contributed by atoms with E-state index in [1.165, 1.54) is 0 Å². The Morgan fingerprint density at radius 3 is 2.75 bits per heavy atom. The van der Waals surface area contributed by atoms with Crippen LogP contribution in [0.25, 0.3) is 0 Å². The van der Waals surface area contributed by atoms with Gasteiger partial charge in [-0.15, -0.1) is 0 Å². The van der Waals surface area contributed by atoms with E-state index in [0.29, 0.717) is 13.0 Å². The Labute approximate surface area is 72.5 Å². The molecule has 70 valence electrons. The highest BCUT2D eigenvalue weighted by Crippen LogP contribution is 2.07. The molecular weight excluding hydrogens is 156 g/mol. The fourth-order valence-corrected chi connectivity index (χ4v) is 1.28. The molecule has 1 aliphatic heterocycles. The molecule has 4 heteroatoms. The molecule has 0 amide bonds. The minimum absolute atomic E-state index is 0.116. The standard InChI is InChI=1S/C8H16N2O2/c9-4-1-8(11)12-7-2-5-10-6-3-7/h7,10H,1-6,9H2. The van der Waals surface area contributed by atoms with Crippen LogP contribution in [0.2, 0.25) is 0 Å². The summed E-state index contributed by atoms with van der Waals surface area (Å²) in [4.78, 5) is 11.0. The van der Waals surface area contributed by atoms with E-state index in [9.17, 15) is 4.79 Å². The van der Waals surface area contributed by atoms with Crippen molar-refractivity contribution in [3.05, 3.63) is 0 Å². The number of esters is 1. The van der Waals surface area contributed by atoms with Crippen LogP contribution in [0.5, 0.6) is 0 Å². The lowest BCUT2D eigenvalue weighted by atomic mass is 10.1. The van der Waals surface area contributed by atoms with Gasteiger partial charge in [-0.05, 0) is 25.9 Å². The highest BCUT2D eigenvalue weighted by molar-refractivity contribution is 5.69. The smallest absolute Gasteiger partial charge is 0.307 e. The summed E-state index contributed by atoms with van der Waals surface area (Å²) in [6, 6.07) is 0. The van der Waals surface area contributed by atoms with Crippen molar-refractivity contribution in [3.63, 3.8) is 0 Å². The Kier molecular flexibility index (Phi) is 4.04. The predicted octanol–water partition coefficient (Wildman–Crippen LogP) is -0.370. The Morgan fingerprint density at radius 2 is 2.17 bits per heavy atom. The van der Waals surface area contributed by atoms with Gasteiger partial charge in [-0.2, -0.15) is 0 Å². The largest absolute Gasteiger partial charge is 0.462 e. The van der Waals surface area contributed by atoms with Crippen LogP contribution in [0, 0.1) is 0 Å². The van der Waals surface area contributed by atoms with E-state index in [-0.39, 0.29) is 12.1 Å². The molecule has 1 saturated heterocycles. The summed E-state index contributed by atoms with van der Waals surface area (Å²) in [5.41, 5.74) is 5.22. The topological polar surface area (TPSA) is 64.4 Å². The first-order chi connectivity index (χ1) is 5.83. The summed E-state index contributed by atoms with van der Waals surface area (Å²) in [6.07, 6.45) is 2.31. The molecule has 3 N–H and O–H groups in total. The van der Waals surface area contributed by atoms with Gasteiger partial charge in [-0.1, -0.05) is 0 Å². The third-order valence-electron chi connectivity index (χ3n) is 1.93. The number of ether oxygens (including phenoxy) is 1. The summed E-state index contributed by atoms with van der Waals surface area (Å²) in [5.74, 6) is -0.163. The van der Waals surface area contributed by atoms with Gasteiger partial charge in [0.25, 0.3) is 0 Å². The normalized spacial score (nSPS) is 19.1. The van der Waals surface area contributed by atoms with Crippen molar-refractivity contribution in [2.75, 3.05) is 19.6 Å². The average molecular weight is 172 g/mol. The first kappa shape index (κ1) is 9.48. The number of carbonyl (C=O) groups excluding carboxylic acids is 1. The zero-order valence-corrected chi connectivity index (χ0v) is 7.21. The number of piperidine rings is 1. The molecule has 12 heavy (non-hydrogen) atoms. The molecule has 1 heterocycles. The lowest BCUT2D eigenvalue weighted by molar-refractivity contribution is -0.149. The van der Waals surface area contributed by atoms with Crippen LogP contribution in [-0.2, 0) is 9.53 Å². The van der Waals surface area contributed by atoms with Gasteiger partial charge in [0.2, 0.25) is 0 Å². The summed E-state index contributed by atoms with van der Waals surface area (Å²) in [6.45, 7) is 2.27. The van der Waals surface area contributed by atoms with Gasteiger partial charge in [-0.3, -0.25) is 4.79 Å². The van der Waals surface area contributed by atoms with Crippen molar-refractivity contribution in [1.29, 1.82) is 0 Å². The third kappa shape index (κ3) is 3.19. The van der Waals surface area contributed by atoms with E-state index in [1.54, 1.807) is 0 Å². The van der Waals surface area contributed by atoms with Crippen LogP contribution >= 0.6 is 0 Å². The molecule has 0 atom stereocenters. The molecular formula is C8H16N2O2. The second-order valence-electron chi connectivity index (χ2n) is 2.98. The summed E-state index contributed by atoms with van der Waals surface area (Å²) >= 11 is 0. The number of rotatable bonds is 3. The molecule has 1 aliphatic rings. The molecule has 0 saturated carbocycles. The average Bonchev–Trinajstić information content (AvgIpc) is 2.06. The lowest BCUT2D eigenvalue weighted by Gasteiger charge is -2.22. The highest BCUT2D eigenvalue weighted by atomic mass is 16.5. The monoisotopic (exact) mass is 172 g/mol. The van der Waals surface area contributed by atoms with Crippen molar-refractivity contribution < 1.29 is 9.53 Å². The molecule has 1 rings (SSSR count). The maximum Gasteiger partial charge on any atom is 0.307 e. The maximum absolute atomic E-state index is 11.0. The minimum atomic E-state index is -0.163. The van der Waals surface area contributed by atoms with E-state index in [2.05, 4.69) is 5.32 Å². The van der Waals surface area contributed by atoms with E-state index in [4.69, 9.17) is 10.5 Å². The number of hydrogen-bond donors (Lipinski definition) is 2. The summed E-state index contributed by atoms with van der Waals surface area (Å²) in [5, 5.41) is 3.20. The Morgan fingerprint density at radius 1 is 1.50 bits per heavy atom. The Bertz CT molecular complexity index is 144. The van der Waals surface area contributed by atoms with Crippen LogP contribution in [0.3, 0.4) is 0 Å². The van der Waals surface area contributed by atoms with Crippen LogP contribution in [0.4, 0.5) is 0 Å². The van der Waals surface area contributed by atoms with Crippen molar-refractivity contribution in [2.24, 2.45) is 5.73 Å². The van der Waals surface area contributed by atoms with Gasteiger partial charge >= 0.3 is 5.97 Å². The van der Waals surface area contributed by atoms with Gasteiger partial charge in [0.1, 0.15) is 6.10 Å².